The molecule has 2 aromatic heterocycles. The van der Waals surface area contributed by atoms with Crippen LogP contribution in [0.1, 0.15) is 6.42 Å². The first kappa shape index (κ1) is 10.8. The highest BCUT2D eigenvalue weighted by Gasteiger charge is 2.23. The van der Waals surface area contributed by atoms with Crippen molar-refractivity contribution in [1.82, 2.24) is 15.2 Å². The fraction of sp³-hybridized carbons (Fsp3) is 0.400. The Hall–Kier alpha value is -1.34. The van der Waals surface area contributed by atoms with Gasteiger partial charge in [0.05, 0.1) is 11.8 Å². The molecule has 1 aliphatic rings. The fourth-order valence-corrected chi connectivity index (χ4v) is 2.37. The highest BCUT2D eigenvalue weighted by atomic mass is 79.9. The van der Waals surface area contributed by atoms with Crippen LogP contribution in [-0.2, 0) is 0 Å². The second kappa shape index (κ2) is 4.15. The summed E-state index contributed by atoms with van der Waals surface area (Å²) < 4.78 is 5.82. The van der Waals surface area contributed by atoms with E-state index in [4.69, 9.17) is 10.2 Å². The van der Waals surface area contributed by atoms with Gasteiger partial charge >= 0.3 is 0 Å². The lowest BCUT2D eigenvalue weighted by molar-refractivity contribution is 0.542. The van der Waals surface area contributed by atoms with Crippen LogP contribution in [0.15, 0.2) is 21.4 Å². The van der Waals surface area contributed by atoms with Crippen LogP contribution in [0.3, 0.4) is 0 Å². The number of anilines is 1. The molecule has 0 amide bonds. The zero-order chi connectivity index (χ0) is 11.8. The number of rotatable bonds is 2. The number of aromatic amines is 1. The smallest absolute Gasteiger partial charge is 0.245 e. The number of H-pyrrole nitrogens is 1. The molecule has 2 aromatic rings. The Bertz CT molecular complexity index is 522. The summed E-state index contributed by atoms with van der Waals surface area (Å²) in [4.78, 5) is 6.53. The average Bonchev–Trinajstić information content (AvgIpc) is 2.97. The first-order chi connectivity index (χ1) is 8.24. The second-order valence-corrected chi connectivity index (χ2v) is 4.81. The molecule has 6 nitrogen and oxygen atoms in total. The average molecular weight is 298 g/mol. The van der Waals surface area contributed by atoms with E-state index < -0.39 is 0 Å². The third kappa shape index (κ3) is 1.96. The molecule has 0 bridgehead atoms. The van der Waals surface area contributed by atoms with Gasteiger partial charge in [-0.15, -0.1) is 5.10 Å². The third-order valence-corrected chi connectivity index (χ3v) is 3.47. The molecule has 1 fully saturated rings. The lowest BCUT2D eigenvalue weighted by Gasteiger charge is -2.11. The molecule has 0 saturated carbocycles. The normalized spacial score (nSPS) is 20.1. The van der Waals surface area contributed by atoms with E-state index in [1.54, 1.807) is 6.26 Å². The lowest BCUT2D eigenvalue weighted by atomic mass is 10.3. The number of nitrogens with zero attached hydrogens (tertiary/aromatic N) is 3. The van der Waals surface area contributed by atoms with Gasteiger partial charge in [0.2, 0.25) is 5.95 Å². The zero-order valence-electron chi connectivity index (χ0n) is 9.06. The summed E-state index contributed by atoms with van der Waals surface area (Å²) >= 11 is 3.32. The van der Waals surface area contributed by atoms with Gasteiger partial charge in [0.1, 0.15) is 0 Å². The maximum atomic E-state index is 5.86. The van der Waals surface area contributed by atoms with Gasteiger partial charge < -0.3 is 15.1 Å². The van der Waals surface area contributed by atoms with Crippen LogP contribution in [0.25, 0.3) is 11.4 Å². The van der Waals surface area contributed by atoms with Crippen molar-refractivity contribution < 1.29 is 4.42 Å². The summed E-state index contributed by atoms with van der Waals surface area (Å²) in [5.74, 6) is 1.39. The molecule has 1 aliphatic heterocycles. The fourth-order valence-electron chi connectivity index (χ4n) is 1.95. The molecule has 1 saturated heterocycles. The lowest BCUT2D eigenvalue weighted by Crippen LogP contribution is -2.26. The SMILES string of the molecule is NC1CCN(c2n[nH]c(-c3ccoc3Br)n2)C1. The molecule has 0 aliphatic carbocycles. The summed E-state index contributed by atoms with van der Waals surface area (Å²) in [6, 6.07) is 2.06. The van der Waals surface area contributed by atoms with Crippen molar-refractivity contribution in [1.29, 1.82) is 0 Å². The van der Waals surface area contributed by atoms with Crippen molar-refractivity contribution in [2.75, 3.05) is 18.0 Å². The summed E-state index contributed by atoms with van der Waals surface area (Å²) in [5.41, 5.74) is 6.73. The Morgan fingerprint density at radius 3 is 3.12 bits per heavy atom. The Labute approximate surface area is 106 Å². The van der Waals surface area contributed by atoms with Crippen molar-refractivity contribution in [2.45, 2.75) is 12.5 Å². The van der Waals surface area contributed by atoms with E-state index in [1.807, 2.05) is 6.07 Å². The molecule has 7 heteroatoms. The van der Waals surface area contributed by atoms with Gasteiger partial charge in [0, 0.05) is 19.1 Å². The van der Waals surface area contributed by atoms with Gasteiger partial charge in [-0.1, -0.05) is 0 Å². The molecule has 3 N–H and O–H groups in total. The maximum absolute atomic E-state index is 5.86. The summed E-state index contributed by atoms with van der Waals surface area (Å²) in [7, 11) is 0. The van der Waals surface area contributed by atoms with E-state index in [0.29, 0.717) is 16.4 Å². The molecule has 3 rings (SSSR count). The van der Waals surface area contributed by atoms with Crippen LogP contribution in [0, 0.1) is 0 Å². The van der Waals surface area contributed by atoms with Crippen molar-refractivity contribution in [3.8, 4) is 11.4 Å². The number of aromatic nitrogens is 3. The molecule has 1 atom stereocenters. The number of nitrogens with two attached hydrogens (primary N) is 1. The minimum absolute atomic E-state index is 0.220. The van der Waals surface area contributed by atoms with Gasteiger partial charge in [-0.25, -0.2) is 0 Å². The van der Waals surface area contributed by atoms with E-state index in [9.17, 15) is 0 Å². The predicted octanol–water partition coefficient (Wildman–Crippen LogP) is 1.36. The van der Waals surface area contributed by atoms with E-state index in [0.717, 1.165) is 25.1 Å². The predicted molar refractivity (Wildman–Crippen MR) is 66.6 cm³/mol. The van der Waals surface area contributed by atoms with Crippen LogP contribution in [0.5, 0.6) is 0 Å². The van der Waals surface area contributed by atoms with Crippen molar-refractivity contribution in [3.63, 3.8) is 0 Å². The molecule has 90 valence electrons. The Morgan fingerprint density at radius 2 is 2.47 bits per heavy atom. The van der Waals surface area contributed by atoms with Gasteiger partial charge in [0.15, 0.2) is 10.5 Å². The number of hydrogen-bond acceptors (Lipinski definition) is 5. The molecular weight excluding hydrogens is 286 g/mol. The Kier molecular flexibility index (Phi) is 2.64. The van der Waals surface area contributed by atoms with E-state index in [2.05, 4.69) is 36.0 Å². The highest BCUT2D eigenvalue weighted by Crippen LogP contribution is 2.27. The van der Waals surface area contributed by atoms with Crippen LogP contribution in [0.4, 0.5) is 5.95 Å². The standard InChI is InChI=1S/C10H12BrN5O/c11-8-7(2-4-17-8)9-13-10(15-14-9)16-3-1-6(12)5-16/h2,4,6H,1,3,5,12H2,(H,13,14,15). The topological polar surface area (TPSA) is 84.0 Å². The molecule has 0 aromatic carbocycles. The first-order valence-corrected chi connectivity index (χ1v) is 6.19. The van der Waals surface area contributed by atoms with Crippen LogP contribution < -0.4 is 10.6 Å². The van der Waals surface area contributed by atoms with Crippen LogP contribution >= 0.6 is 15.9 Å². The van der Waals surface area contributed by atoms with Gasteiger partial charge in [-0.3, -0.25) is 5.10 Å². The van der Waals surface area contributed by atoms with Crippen molar-refractivity contribution >= 4 is 21.9 Å². The summed E-state index contributed by atoms with van der Waals surface area (Å²) in [6.07, 6.45) is 2.59. The largest absolute Gasteiger partial charge is 0.457 e. The Morgan fingerprint density at radius 1 is 1.59 bits per heavy atom. The van der Waals surface area contributed by atoms with Crippen LogP contribution in [-0.4, -0.2) is 34.3 Å². The zero-order valence-corrected chi connectivity index (χ0v) is 10.6. The highest BCUT2D eigenvalue weighted by molar-refractivity contribution is 9.10. The van der Waals surface area contributed by atoms with Crippen molar-refractivity contribution in [2.24, 2.45) is 5.73 Å². The molecule has 0 radical (unpaired) electrons. The minimum Gasteiger partial charge on any atom is -0.457 e. The maximum Gasteiger partial charge on any atom is 0.245 e. The molecular formula is C10H12BrN5O. The second-order valence-electron chi connectivity index (χ2n) is 4.09. The quantitative estimate of drug-likeness (QED) is 0.874. The number of nitrogens with one attached hydrogen (secondary N) is 1. The molecule has 3 heterocycles. The monoisotopic (exact) mass is 297 g/mol. The van der Waals surface area contributed by atoms with Gasteiger partial charge in [-0.05, 0) is 28.4 Å². The van der Waals surface area contributed by atoms with E-state index in [-0.39, 0.29) is 6.04 Å². The Balaban J connectivity index is 1.86. The summed E-state index contributed by atoms with van der Waals surface area (Å²) in [5, 5.41) is 7.11. The van der Waals surface area contributed by atoms with Crippen molar-refractivity contribution in [3.05, 3.63) is 17.0 Å². The number of halogens is 1. The van der Waals surface area contributed by atoms with Gasteiger partial charge in [0.25, 0.3) is 0 Å². The van der Waals surface area contributed by atoms with Gasteiger partial charge in [-0.2, -0.15) is 4.98 Å². The number of hydrogen-bond donors (Lipinski definition) is 2. The van der Waals surface area contributed by atoms with E-state index in [1.165, 1.54) is 0 Å². The third-order valence-electron chi connectivity index (χ3n) is 2.85. The summed E-state index contributed by atoms with van der Waals surface area (Å²) in [6.45, 7) is 1.72. The minimum atomic E-state index is 0.220. The van der Waals surface area contributed by atoms with Crippen LogP contribution in [0.2, 0.25) is 0 Å². The molecule has 17 heavy (non-hydrogen) atoms. The first-order valence-electron chi connectivity index (χ1n) is 5.40. The van der Waals surface area contributed by atoms with E-state index >= 15 is 0 Å². The number of furan rings is 1. The molecule has 0 spiro atoms. The molecule has 1 unspecified atom stereocenters.